The number of nitro groups is 1. The van der Waals surface area contributed by atoms with E-state index in [4.69, 9.17) is 4.42 Å². The average Bonchev–Trinajstić information content (AvgIpc) is 2.83. The largest absolute Gasteiger partial charge is 0.444 e. The minimum atomic E-state index is -3.17. The van der Waals surface area contributed by atoms with Crippen molar-refractivity contribution in [2.75, 3.05) is 0 Å². The molecule has 0 unspecified atom stereocenters. The van der Waals surface area contributed by atoms with E-state index in [-0.39, 0.29) is 18.0 Å². The Labute approximate surface area is 134 Å². The predicted octanol–water partition coefficient (Wildman–Crippen LogP) is 2.73. The first kappa shape index (κ1) is 17.3. The molecular formula is C14H13F2N3O5. The highest BCUT2D eigenvalue weighted by atomic mass is 19.3. The summed E-state index contributed by atoms with van der Waals surface area (Å²) in [6, 6.07) is 2.77. The summed E-state index contributed by atoms with van der Waals surface area (Å²) in [6.45, 7) is 0.141. The maximum atomic E-state index is 12.4. The summed E-state index contributed by atoms with van der Waals surface area (Å²) in [5, 5.41) is 13.2. The van der Waals surface area contributed by atoms with Gasteiger partial charge in [0.05, 0.1) is 22.7 Å². The van der Waals surface area contributed by atoms with Gasteiger partial charge in [0.25, 0.3) is 11.6 Å². The zero-order valence-electron chi connectivity index (χ0n) is 12.7. The van der Waals surface area contributed by atoms with Gasteiger partial charge in [0.2, 0.25) is 5.89 Å². The number of aromatic nitrogens is 1. The number of carbonyl (C=O) groups is 1. The molecule has 1 heterocycles. The molecule has 0 radical (unpaired) electrons. The van der Waals surface area contributed by atoms with Gasteiger partial charge in [0, 0.05) is 12.1 Å². The standard InChI is InChI=1S/C14H13F2N3O5/c1-7-8(2)23-12(18-7)6-17-13(20)10-5-9(19(21)22)3-4-11(10)24-14(15)16/h3-5,14H,6H2,1-2H3,(H,17,20). The van der Waals surface area contributed by atoms with Crippen LogP contribution in [0, 0.1) is 24.0 Å². The summed E-state index contributed by atoms with van der Waals surface area (Å²) in [5.74, 6) is -0.493. The Kier molecular flexibility index (Phi) is 5.07. The van der Waals surface area contributed by atoms with E-state index in [0.717, 1.165) is 18.2 Å². The normalized spacial score (nSPS) is 10.7. The van der Waals surface area contributed by atoms with Gasteiger partial charge in [-0.1, -0.05) is 0 Å². The van der Waals surface area contributed by atoms with Crippen LogP contribution >= 0.6 is 0 Å². The van der Waals surface area contributed by atoms with E-state index in [1.165, 1.54) is 0 Å². The van der Waals surface area contributed by atoms with Crippen molar-refractivity contribution in [3.8, 4) is 5.75 Å². The van der Waals surface area contributed by atoms with Crippen LogP contribution in [0.25, 0.3) is 0 Å². The number of nitrogens with one attached hydrogen (secondary N) is 1. The number of alkyl halides is 2. The molecular weight excluding hydrogens is 328 g/mol. The van der Waals surface area contributed by atoms with Crippen molar-refractivity contribution in [1.82, 2.24) is 10.3 Å². The molecule has 0 aliphatic rings. The Bertz CT molecular complexity index is 756. The fraction of sp³-hybridized carbons (Fsp3) is 0.286. The molecule has 128 valence electrons. The van der Waals surface area contributed by atoms with Crippen molar-refractivity contribution < 1.29 is 27.7 Å². The first-order valence-corrected chi connectivity index (χ1v) is 6.72. The molecule has 1 aromatic heterocycles. The molecule has 0 atom stereocenters. The van der Waals surface area contributed by atoms with Crippen LogP contribution in [0.5, 0.6) is 5.75 Å². The van der Waals surface area contributed by atoms with Crippen LogP contribution in [0.3, 0.4) is 0 Å². The van der Waals surface area contributed by atoms with Crippen molar-refractivity contribution in [2.45, 2.75) is 27.0 Å². The number of carbonyl (C=O) groups excluding carboxylic acids is 1. The van der Waals surface area contributed by atoms with Crippen LogP contribution in [-0.4, -0.2) is 22.4 Å². The lowest BCUT2D eigenvalue weighted by molar-refractivity contribution is -0.384. The summed E-state index contributed by atoms with van der Waals surface area (Å²) < 4.78 is 34.3. The lowest BCUT2D eigenvalue weighted by atomic mass is 10.1. The van der Waals surface area contributed by atoms with E-state index in [9.17, 15) is 23.7 Å². The Morgan fingerprint density at radius 2 is 2.17 bits per heavy atom. The Balaban J connectivity index is 2.21. The second-order valence-corrected chi connectivity index (χ2v) is 4.75. The maximum absolute atomic E-state index is 12.4. The number of hydrogen-bond donors (Lipinski definition) is 1. The first-order valence-electron chi connectivity index (χ1n) is 6.72. The number of halogens is 2. The number of oxazole rings is 1. The molecule has 0 aliphatic heterocycles. The van der Waals surface area contributed by atoms with Crippen LogP contribution in [0.2, 0.25) is 0 Å². The Morgan fingerprint density at radius 3 is 2.71 bits per heavy atom. The molecule has 0 saturated carbocycles. The van der Waals surface area contributed by atoms with E-state index in [1.54, 1.807) is 13.8 Å². The van der Waals surface area contributed by atoms with Crippen LogP contribution in [0.1, 0.15) is 27.7 Å². The number of aryl methyl sites for hydroxylation is 2. The lowest BCUT2D eigenvalue weighted by Crippen LogP contribution is -2.24. The van der Waals surface area contributed by atoms with Crippen LogP contribution in [0.15, 0.2) is 22.6 Å². The fourth-order valence-electron chi connectivity index (χ4n) is 1.87. The molecule has 0 aliphatic carbocycles. The summed E-state index contributed by atoms with van der Waals surface area (Å²) in [7, 11) is 0. The smallest absolute Gasteiger partial charge is 0.387 e. The van der Waals surface area contributed by atoms with Gasteiger partial charge in [0.1, 0.15) is 11.5 Å². The van der Waals surface area contributed by atoms with Gasteiger partial charge in [0.15, 0.2) is 0 Å². The maximum Gasteiger partial charge on any atom is 0.387 e. The highest BCUT2D eigenvalue weighted by Crippen LogP contribution is 2.25. The van der Waals surface area contributed by atoms with Crippen LogP contribution < -0.4 is 10.1 Å². The molecule has 1 N–H and O–H groups in total. The van der Waals surface area contributed by atoms with Gasteiger partial charge in [-0.05, 0) is 19.9 Å². The SMILES string of the molecule is Cc1nc(CNC(=O)c2cc([N+](=O)[O-])ccc2OC(F)F)oc1C. The minimum absolute atomic E-state index is 0.107. The Hall–Kier alpha value is -3.04. The number of ether oxygens (including phenoxy) is 1. The molecule has 1 amide bonds. The van der Waals surface area contributed by atoms with E-state index >= 15 is 0 Å². The number of hydrogen-bond acceptors (Lipinski definition) is 6. The highest BCUT2D eigenvalue weighted by molar-refractivity contribution is 5.97. The molecule has 0 spiro atoms. The van der Waals surface area contributed by atoms with Gasteiger partial charge in [-0.3, -0.25) is 14.9 Å². The third kappa shape index (κ3) is 4.03. The second kappa shape index (κ2) is 7.02. The summed E-state index contributed by atoms with van der Waals surface area (Å²) >= 11 is 0. The van der Waals surface area contributed by atoms with Gasteiger partial charge >= 0.3 is 6.61 Å². The van der Waals surface area contributed by atoms with Crippen molar-refractivity contribution in [1.29, 1.82) is 0 Å². The minimum Gasteiger partial charge on any atom is -0.444 e. The number of nitrogens with zero attached hydrogens (tertiary/aromatic N) is 2. The molecule has 0 fully saturated rings. The molecule has 0 saturated heterocycles. The van der Waals surface area contributed by atoms with E-state index in [2.05, 4.69) is 15.0 Å². The summed E-state index contributed by atoms with van der Waals surface area (Å²) in [5.41, 5.74) is -0.162. The molecule has 8 nitrogen and oxygen atoms in total. The monoisotopic (exact) mass is 341 g/mol. The van der Waals surface area contributed by atoms with E-state index in [0.29, 0.717) is 11.5 Å². The zero-order chi connectivity index (χ0) is 17.9. The molecule has 2 rings (SSSR count). The second-order valence-electron chi connectivity index (χ2n) is 4.75. The van der Waals surface area contributed by atoms with Crippen molar-refractivity contribution >= 4 is 11.6 Å². The number of rotatable bonds is 6. The van der Waals surface area contributed by atoms with Crippen LogP contribution in [0.4, 0.5) is 14.5 Å². The van der Waals surface area contributed by atoms with Crippen molar-refractivity contribution in [3.05, 3.63) is 51.2 Å². The van der Waals surface area contributed by atoms with E-state index in [1.807, 2.05) is 0 Å². The van der Waals surface area contributed by atoms with Gasteiger partial charge in [-0.25, -0.2) is 4.98 Å². The molecule has 0 bridgehead atoms. The molecule has 24 heavy (non-hydrogen) atoms. The van der Waals surface area contributed by atoms with Gasteiger partial charge in [-0.15, -0.1) is 0 Å². The number of nitro benzene ring substituents is 1. The Morgan fingerprint density at radius 1 is 1.46 bits per heavy atom. The topological polar surface area (TPSA) is 108 Å². The van der Waals surface area contributed by atoms with Crippen LogP contribution in [-0.2, 0) is 6.54 Å². The number of amides is 1. The number of non-ortho nitro benzene ring substituents is 1. The molecule has 2 aromatic rings. The zero-order valence-corrected chi connectivity index (χ0v) is 12.7. The van der Waals surface area contributed by atoms with Gasteiger partial charge < -0.3 is 14.5 Å². The fourth-order valence-corrected chi connectivity index (χ4v) is 1.87. The highest BCUT2D eigenvalue weighted by Gasteiger charge is 2.20. The summed E-state index contributed by atoms with van der Waals surface area (Å²) in [4.78, 5) is 26.3. The van der Waals surface area contributed by atoms with E-state index < -0.39 is 28.9 Å². The predicted molar refractivity (Wildman–Crippen MR) is 76.9 cm³/mol. The summed E-state index contributed by atoms with van der Waals surface area (Å²) in [6.07, 6.45) is 0. The van der Waals surface area contributed by atoms with Crippen molar-refractivity contribution in [2.24, 2.45) is 0 Å². The molecule has 10 heteroatoms. The quantitative estimate of drug-likeness (QED) is 0.639. The van der Waals surface area contributed by atoms with Crippen molar-refractivity contribution in [3.63, 3.8) is 0 Å². The number of benzene rings is 1. The third-order valence-corrected chi connectivity index (χ3v) is 3.11. The lowest BCUT2D eigenvalue weighted by Gasteiger charge is -2.10. The first-order chi connectivity index (χ1) is 11.3. The third-order valence-electron chi connectivity index (χ3n) is 3.11. The van der Waals surface area contributed by atoms with Gasteiger partial charge in [-0.2, -0.15) is 8.78 Å². The average molecular weight is 341 g/mol. The molecule has 1 aromatic carbocycles.